The van der Waals surface area contributed by atoms with Crippen molar-refractivity contribution in [2.75, 3.05) is 36.5 Å². The summed E-state index contributed by atoms with van der Waals surface area (Å²) in [7, 11) is 0. The third kappa shape index (κ3) is 3.95. The quantitative estimate of drug-likeness (QED) is 0.938. The first-order valence-corrected chi connectivity index (χ1v) is 8.41. The first-order valence-electron chi connectivity index (χ1n) is 8.41. The second-order valence-corrected chi connectivity index (χ2v) is 6.26. The molecular formula is C20H24N2O2. The average Bonchev–Trinajstić information content (AvgIpc) is 2.59. The number of benzene rings is 2. The van der Waals surface area contributed by atoms with E-state index in [0.717, 1.165) is 43.2 Å². The molecular weight excluding hydrogens is 300 g/mol. The van der Waals surface area contributed by atoms with Gasteiger partial charge in [-0.3, -0.25) is 4.79 Å². The van der Waals surface area contributed by atoms with E-state index in [1.54, 1.807) is 0 Å². The van der Waals surface area contributed by atoms with E-state index in [0.29, 0.717) is 6.42 Å². The van der Waals surface area contributed by atoms with Crippen LogP contribution in [0.4, 0.5) is 11.4 Å². The Morgan fingerprint density at radius 3 is 2.58 bits per heavy atom. The average molecular weight is 324 g/mol. The number of amides is 1. The van der Waals surface area contributed by atoms with Crippen LogP contribution < -0.4 is 10.2 Å². The topological polar surface area (TPSA) is 41.6 Å². The van der Waals surface area contributed by atoms with Gasteiger partial charge in [-0.15, -0.1) is 0 Å². The molecule has 2 aromatic rings. The van der Waals surface area contributed by atoms with E-state index in [4.69, 9.17) is 4.74 Å². The second-order valence-electron chi connectivity index (χ2n) is 6.26. The Kier molecular flexibility index (Phi) is 5.16. The van der Waals surface area contributed by atoms with Crippen LogP contribution in [0.1, 0.15) is 16.7 Å². The summed E-state index contributed by atoms with van der Waals surface area (Å²) >= 11 is 0. The molecule has 0 aromatic heterocycles. The maximum atomic E-state index is 12.5. The summed E-state index contributed by atoms with van der Waals surface area (Å²) in [5, 5.41) is 3.07. The molecule has 1 aliphatic heterocycles. The highest BCUT2D eigenvalue weighted by Gasteiger charge is 2.15. The van der Waals surface area contributed by atoms with Crippen LogP contribution in [0.5, 0.6) is 0 Å². The summed E-state index contributed by atoms with van der Waals surface area (Å²) in [5.41, 5.74) is 5.44. The molecule has 4 heteroatoms. The molecule has 4 nitrogen and oxygen atoms in total. The molecule has 0 atom stereocenters. The lowest BCUT2D eigenvalue weighted by Crippen LogP contribution is -2.36. The van der Waals surface area contributed by atoms with Crippen molar-refractivity contribution in [2.24, 2.45) is 0 Å². The van der Waals surface area contributed by atoms with E-state index in [9.17, 15) is 4.79 Å². The molecule has 0 aliphatic carbocycles. The van der Waals surface area contributed by atoms with Crippen LogP contribution in [-0.2, 0) is 16.0 Å². The zero-order chi connectivity index (χ0) is 16.9. The van der Waals surface area contributed by atoms with Crippen molar-refractivity contribution in [1.29, 1.82) is 0 Å². The van der Waals surface area contributed by atoms with Gasteiger partial charge in [0.15, 0.2) is 0 Å². The Morgan fingerprint density at radius 1 is 1.08 bits per heavy atom. The molecule has 24 heavy (non-hydrogen) atoms. The third-order valence-corrected chi connectivity index (χ3v) is 4.47. The Morgan fingerprint density at radius 2 is 1.83 bits per heavy atom. The van der Waals surface area contributed by atoms with Crippen LogP contribution in [0.2, 0.25) is 0 Å². The number of hydrogen-bond donors (Lipinski definition) is 1. The molecule has 126 valence electrons. The van der Waals surface area contributed by atoms with Gasteiger partial charge >= 0.3 is 0 Å². The van der Waals surface area contributed by atoms with Crippen LogP contribution in [0.25, 0.3) is 0 Å². The van der Waals surface area contributed by atoms with Crippen LogP contribution in [-0.4, -0.2) is 32.2 Å². The van der Waals surface area contributed by atoms with Gasteiger partial charge in [-0.2, -0.15) is 0 Å². The molecule has 0 spiro atoms. The maximum absolute atomic E-state index is 12.5. The van der Waals surface area contributed by atoms with Gasteiger partial charge in [0, 0.05) is 13.1 Å². The molecule has 0 bridgehead atoms. The molecule has 1 aliphatic rings. The second kappa shape index (κ2) is 7.49. The first kappa shape index (κ1) is 16.5. The molecule has 1 heterocycles. The summed E-state index contributed by atoms with van der Waals surface area (Å²) in [4.78, 5) is 14.7. The first-order chi connectivity index (χ1) is 11.6. The SMILES string of the molecule is Cc1ccc(CC(=O)Nc2ccccc2N2CCOCC2)cc1C. The van der Waals surface area contributed by atoms with E-state index in [1.165, 1.54) is 11.1 Å². The van der Waals surface area contributed by atoms with Gasteiger partial charge < -0.3 is 15.0 Å². The Labute approximate surface area is 143 Å². The standard InChI is InChI=1S/C20H24N2O2/c1-15-7-8-17(13-16(15)2)14-20(23)21-18-5-3-4-6-19(18)22-9-11-24-12-10-22/h3-8,13H,9-12,14H2,1-2H3,(H,21,23). The predicted molar refractivity (Wildman–Crippen MR) is 97.7 cm³/mol. The minimum absolute atomic E-state index is 0.0129. The minimum Gasteiger partial charge on any atom is -0.378 e. The third-order valence-electron chi connectivity index (χ3n) is 4.47. The fraction of sp³-hybridized carbons (Fsp3) is 0.350. The highest BCUT2D eigenvalue weighted by molar-refractivity contribution is 5.95. The van der Waals surface area contributed by atoms with Gasteiger partial charge in [0.25, 0.3) is 0 Å². The van der Waals surface area contributed by atoms with Crippen molar-refractivity contribution in [3.63, 3.8) is 0 Å². The lowest BCUT2D eigenvalue weighted by Gasteiger charge is -2.30. The van der Waals surface area contributed by atoms with E-state index in [-0.39, 0.29) is 5.91 Å². The smallest absolute Gasteiger partial charge is 0.228 e. The summed E-state index contributed by atoms with van der Waals surface area (Å²) in [6.07, 6.45) is 0.387. The molecule has 1 amide bonds. The predicted octanol–water partition coefficient (Wildman–Crippen LogP) is 3.32. The highest BCUT2D eigenvalue weighted by atomic mass is 16.5. The Hall–Kier alpha value is -2.33. The molecule has 3 rings (SSSR count). The highest BCUT2D eigenvalue weighted by Crippen LogP contribution is 2.26. The van der Waals surface area contributed by atoms with E-state index in [2.05, 4.69) is 42.3 Å². The summed E-state index contributed by atoms with van der Waals surface area (Å²) in [6, 6.07) is 14.2. The summed E-state index contributed by atoms with van der Waals surface area (Å²) in [5.74, 6) is 0.0129. The van der Waals surface area contributed by atoms with Gasteiger partial charge in [0.1, 0.15) is 0 Å². The zero-order valence-electron chi connectivity index (χ0n) is 14.3. The fourth-order valence-corrected chi connectivity index (χ4v) is 2.95. The molecule has 1 N–H and O–H groups in total. The number of carbonyl (C=O) groups is 1. The number of carbonyl (C=O) groups excluding carboxylic acids is 1. The number of anilines is 2. The van der Waals surface area contributed by atoms with Crippen molar-refractivity contribution in [2.45, 2.75) is 20.3 Å². The van der Waals surface area contributed by atoms with Crippen LogP contribution >= 0.6 is 0 Å². The lowest BCUT2D eigenvalue weighted by molar-refractivity contribution is -0.115. The lowest BCUT2D eigenvalue weighted by atomic mass is 10.0. The maximum Gasteiger partial charge on any atom is 0.228 e. The number of ether oxygens (including phenoxy) is 1. The van der Waals surface area contributed by atoms with Crippen LogP contribution in [0.3, 0.4) is 0 Å². The van der Waals surface area contributed by atoms with E-state index < -0.39 is 0 Å². The van der Waals surface area contributed by atoms with Crippen molar-refractivity contribution in [3.05, 3.63) is 59.2 Å². The van der Waals surface area contributed by atoms with Crippen LogP contribution in [0.15, 0.2) is 42.5 Å². The van der Waals surface area contributed by atoms with Gasteiger partial charge in [0.2, 0.25) is 5.91 Å². The minimum atomic E-state index is 0.0129. The fourth-order valence-electron chi connectivity index (χ4n) is 2.95. The van der Waals surface area contributed by atoms with Crippen molar-refractivity contribution in [1.82, 2.24) is 0 Å². The van der Waals surface area contributed by atoms with Gasteiger partial charge in [-0.1, -0.05) is 30.3 Å². The number of rotatable bonds is 4. The number of hydrogen-bond acceptors (Lipinski definition) is 3. The molecule has 0 unspecified atom stereocenters. The summed E-state index contributed by atoms with van der Waals surface area (Å²) in [6.45, 7) is 7.31. The van der Waals surface area contributed by atoms with E-state index >= 15 is 0 Å². The molecule has 1 fully saturated rings. The largest absolute Gasteiger partial charge is 0.378 e. The zero-order valence-corrected chi connectivity index (χ0v) is 14.3. The number of para-hydroxylation sites is 2. The van der Waals surface area contributed by atoms with Crippen LogP contribution in [0, 0.1) is 13.8 Å². The van der Waals surface area contributed by atoms with Gasteiger partial charge in [0.05, 0.1) is 31.0 Å². The number of nitrogens with zero attached hydrogens (tertiary/aromatic N) is 1. The van der Waals surface area contributed by atoms with E-state index in [1.807, 2.05) is 24.3 Å². The summed E-state index contributed by atoms with van der Waals surface area (Å²) < 4.78 is 5.41. The van der Waals surface area contributed by atoms with Gasteiger partial charge in [-0.25, -0.2) is 0 Å². The molecule has 1 saturated heterocycles. The number of nitrogens with one attached hydrogen (secondary N) is 1. The van der Waals surface area contributed by atoms with Crippen molar-refractivity contribution >= 4 is 17.3 Å². The molecule has 2 aromatic carbocycles. The van der Waals surface area contributed by atoms with Crippen molar-refractivity contribution < 1.29 is 9.53 Å². The normalized spacial score (nSPS) is 14.5. The Bertz CT molecular complexity index is 721. The van der Waals surface area contributed by atoms with Crippen molar-refractivity contribution in [3.8, 4) is 0 Å². The Balaban J connectivity index is 1.71. The number of morpholine rings is 1. The monoisotopic (exact) mass is 324 g/mol. The molecule has 0 saturated carbocycles. The number of aryl methyl sites for hydroxylation is 2. The molecule has 0 radical (unpaired) electrons. The van der Waals surface area contributed by atoms with Gasteiger partial charge in [-0.05, 0) is 42.7 Å².